The molecule has 0 N–H and O–H groups in total. The number of para-hydroxylation sites is 1. The van der Waals surface area contributed by atoms with Crippen molar-refractivity contribution in [2.24, 2.45) is 7.05 Å². The van der Waals surface area contributed by atoms with E-state index in [9.17, 15) is 0 Å². The lowest BCUT2D eigenvalue weighted by molar-refractivity contribution is -0.671. The van der Waals surface area contributed by atoms with Gasteiger partial charge in [-0.25, -0.2) is 13.8 Å². The molecule has 0 spiro atoms. The average molecular weight is 250 g/mol. The Kier molecular flexibility index (Phi) is 3.10. The van der Waals surface area contributed by atoms with Gasteiger partial charge >= 0.3 is 0 Å². The van der Waals surface area contributed by atoms with Crippen molar-refractivity contribution in [2.45, 2.75) is 6.67 Å². The number of benzene rings is 1. The van der Waals surface area contributed by atoms with Crippen molar-refractivity contribution in [3.8, 4) is 0 Å². The number of aromatic nitrogens is 5. The molecular weight excluding hydrogens is 238 g/mol. The molecule has 0 atom stereocenters. The van der Waals surface area contributed by atoms with Gasteiger partial charge in [-0.2, -0.15) is 0 Å². The quantitative estimate of drug-likeness (QED) is 0.474. The van der Waals surface area contributed by atoms with Crippen LogP contribution in [0.15, 0.2) is 43.0 Å². The van der Waals surface area contributed by atoms with Crippen molar-refractivity contribution in [1.29, 1.82) is 0 Å². The minimum absolute atomic E-state index is 0. The highest BCUT2D eigenvalue weighted by molar-refractivity contribution is 5.73. The Morgan fingerprint density at radius 1 is 1.29 bits per heavy atom. The molecule has 6 heteroatoms. The second-order valence-corrected chi connectivity index (χ2v) is 3.81. The van der Waals surface area contributed by atoms with Crippen LogP contribution < -0.4 is 17.0 Å². The first-order chi connectivity index (χ1) is 7.83. The first kappa shape index (κ1) is 11.6. The first-order valence-corrected chi connectivity index (χ1v) is 5.12. The van der Waals surface area contributed by atoms with Crippen LogP contribution in [0.25, 0.3) is 11.0 Å². The van der Waals surface area contributed by atoms with Gasteiger partial charge in [-0.1, -0.05) is 17.3 Å². The van der Waals surface area contributed by atoms with E-state index < -0.39 is 0 Å². The molecule has 5 nitrogen and oxygen atoms in total. The zero-order valence-corrected chi connectivity index (χ0v) is 10.1. The summed E-state index contributed by atoms with van der Waals surface area (Å²) in [5, 5.41) is 8.25. The van der Waals surface area contributed by atoms with Crippen molar-refractivity contribution < 1.29 is 17.0 Å². The van der Waals surface area contributed by atoms with Crippen LogP contribution in [0.5, 0.6) is 0 Å². The highest BCUT2D eigenvalue weighted by Crippen LogP contribution is 2.09. The topological polar surface area (TPSA) is 39.5 Å². The lowest BCUT2D eigenvalue weighted by atomic mass is 10.3. The zero-order valence-electron chi connectivity index (χ0n) is 9.36. The molecule has 17 heavy (non-hydrogen) atoms. The lowest BCUT2D eigenvalue weighted by Crippen LogP contribution is -3.00. The third-order valence-corrected chi connectivity index (χ3v) is 2.54. The molecule has 0 radical (unpaired) electrons. The van der Waals surface area contributed by atoms with E-state index in [0.29, 0.717) is 6.67 Å². The van der Waals surface area contributed by atoms with Crippen LogP contribution in [0.1, 0.15) is 0 Å². The molecule has 0 aliphatic rings. The fourth-order valence-corrected chi connectivity index (χ4v) is 1.76. The Labute approximate surface area is 105 Å². The van der Waals surface area contributed by atoms with Crippen molar-refractivity contribution in [3.05, 3.63) is 43.0 Å². The molecule has 0 saturated heterocycles. The van der Waals surface area contributed by atoms with Crippen LogP contribution >= 0.6 is 0 Å². The Balaban J connectivity index is 0.00000108. The summed E-state index contributed by atoms with van der Waals surface area (Å²) in [5.41, 5.74) is 1.98. The molecule has 1 aromatic carbocycles. The van der Waals surface area contributed by atoms with Crippen LogP contribution in [-0.2, 0) is 13.7 Å². The van der Waals surface area contributed by atoms with E-state index >= 15 is 0 Å². The summed E-state index contributed by atoms with van der Waals surface area (Å²) in [6, 6.07) is 7.96. The van der Waals surface area contributed by atoms with Gasteiger partial charge in [0.1, 0.15) is 17.9 Å². The molecule has 0 bridgehead atoms. The van der Waals surface area contributed by atoms with Crippen LogP contribution in [0, 0.1) is 0 Å². The lowest BCUT2D eigenvalue weighted by Gasteiger charge is -1.97. The average Bonchev–Trinajstić information content (AvgIpc) is 2.87. The van der Waals surface area contributed by atoms with Gasteiger partial charge in [0.05, 0.1) is 12.6 Å². The van der Waals surface area contributed by atoms with E-state index in [1.54, 1.807) is 0 Å². The summed E-state index contributed by atoms with van der Waals surface area (Å²) >= 11 is 0. The molecule has 0 saturated carbocycles. The fraction of sp³-hybridized carbons (Fsp3) is 0.182. The molecule has 0 unspecified atom stereocenters. The maximum atomic E-state index is 4.14. The summed E-state index contributed by atoms with van der Waals surface area (Å²) in [4.78, 5) is 0. The Morgan fingerprint density at radius 3 is 2.88 bits per heavy atom. The van der Waals surface area contributed by atoms with Crippen LogP contribution in [-0.4, -0.2) is 19.6 Å². The van der Waals surface area contributed by atoms with Gasteiger partial charge in [0.25, 0.3) is 0 Å². The molecule has 88 valence electrons. The predicted octanol–water partition coefficient (Wildman–Crippen LogP) is -2.43. The molecule has 0 aliphatic carbocycles. The Morgan fingerprint density at radius 2 is 2.12 bits per heavy atom. The highest BCUT2D eigenvalue weighted by Gasteiger charge is 2.06. The van der Waals surface area contributed by atoms with Gasteiger partial charge in [-0.3, -0.25) is 0 Å². The molecule has 3 aromatic rings. The van der Waals surface area contributed by atoms with Crippen molar-refractivity contribution in [3.63, 3.8) is 0 Å². The number of imidazole rings is 1. The smallest absolute Gasteiger partial charge is 0.245 e. The predicted molar refractivity (Wildman–Crippen MR) is 58.5 cm³/mol. The normalized spacial score (nSPS) is 10.4. The SMILES string of the molecule is C[n+]1ccn(Cn2nnc3ccccc32)c1.[Cl-]. The number of nitrogens with zero attached hydrogens (tertiary/aromatic N) is 5. The van der Waals surface area contributed by atoms with E-state index in [0.717, 1.165) is 11.0 Å². The number of hydrogen-bond acceptors (Lipinski definition) is 2. The van der Waals surface area contributed by atoms with Crippen LogP contribution in [0.2, 0.25) is 0 Å². The van der Waals surface area contributed by atoms with Gasteiger partial charge in [-0.05, 0) is 12.1 Å². The first-order valence-electron chi connectivity index (χ1n) is 5.12. The summed E-state index contributed by atoms with van der Waals surface area (Å²) < 4.78 is 5.94. The van der Waals surface area contributed by atoms with E-state index in [4.69, 9.17) is 0 Å². The molecule has 2 aromatic heterocycles. The monoisotopic (exact) mass is 249 g/mol. The number of hydrogen-bond donors (Lipinski definition) is 0. The third kappa shape index (κ3) is 2.14. The van der Waals surface area contributed by atoms with Gasteiger partial charge in [-0.15, -0.1) is 5.10 Å². The molecular formula is C11H12ClN5. The minimum atomic E-state index is 0. The highest BCUT2D eigenvalue weighted by atomic mass is 35.5. The minimum Gasteiger partial charge on any atom is -1.00 e. The van der Waals surface area contributed by atoms with E-state index in [2.05, 4.69) is 14.9 Å². The van der Waals surface area contributed by atoms with E-state index in [-0.39, 0.29) is 12.4 Å². The van der Waals surface area contributed by atoms with Gasteiger partial charge < -0.3 is 12.4 Å². The number of fused-ring (bicyclic) bond motifs is 1. The second-order valence-electron chi connectivity index (χ2n) is 3.81. The number of rotatable bonds is 2. The maximum Gasteiger partial charge on any atom is 0.245 e. The standard InChI is InChI=1S/C11H12N5.ClH/c1-14-6-7-15(8-14)9-16-11-5-3-2-4-10(11)12-13-16;/h2-8H,9H2,1H3;1H/q+1;/p-1. The maximum absolute atomic E-state index is 4.14. The van der Waals surface area contributed by atoms with Gasteiger partial charge in [0.15, 0.2) is 6.67 Å². The summed E-state index contributed by atoms with van der Waals surface area (Å²) in [7, 11) is 2.00. The summed E-state index contributed by atoms with van der Waals surface area (Å²) in [5.74, 6) is 0. The fourth-order valence-electron chi connectivity index (χ4n) is 1.76. The molecule has 3 rings (SSSR count). The van der Waals surface area contributed by atoms with Crippen molar-refractivity contribution in [2.75, 3.05) is 0 Å². The molecule has 2 heterocycles. The van der Waals surface area contributed by atoms with Crippen molar-refractivity contribution in [1.82, 2.24) is 19.6 Å². The van der Waals surface area contributed by atoms with Crippen LogP contribution in [0.4, 0.5) is 0 Å². The van der Waals surface area contributed by atoms with Gasteiger partial charge in [0, 0.05) is 0 Å². The largest absolute Gasteiger partial charge is 1.00 e. The molecule has 0 fully saturated rings. The Bertz CT molecular complexity index is 627. The number of aryl methyl sites for hydroxylation is 1. The zero-order chi connectivity index (χ0) is 11.0. The van der Waals surface area contributed by atoms with E-state index in [1.165, 1.54) is 0 Å². The van der Waals surface area contributed by atoms with Gasteiger partial charge in [0.2, 0.25) is 6.33 Å². The molecule has 0 amide bonds. The van der Waals surface area contributed by atoms with Crippen molar-refractivity contribution >= 4 is 11.0 Å². The molecule has 0 aliphatic heterocycles. The third-order valence-electron chi connectivity index (χ3n) is 2.54. The second kappa shape index (κ2) is 4.55. The summed E-state index contributed by atoms with van der Waals surface area (Å²) in [6.07, 6.45) is 6.02. The Hall–Kier alpha value is -1.88. The summed E-state index contributed by atoms with van der Waals surface area (Å²) in [6.45, 7) is 0.682. The van der Waals surface area contributed by atoms with E-state index in [1.807, 2.05) is 59.3 Å². The number of halogens is 1. The van der Waals surface area contributed by atoms with Crippen LogP contribution in [0.3, 0.4) is 0 Å².